The number of carbonyl (C=O) groups is 3. The van der Waals surface area contributed by atoms with E-state index in [4.69, 9.17) is 0 Å². The van der Waals surface area contributed by atoms with Gasteiger partial charge in [-0.05, 0) is 0 Å². The monoisotopic (exact) mass is 278 g/mol. The van der Waals surface area contributed by atoms with E-state index in [0.717, 1.165) is 4.90 Å². The van der Waals surface area contributed by atoms with Crippen LogP contribution in [0.3, 0.4) is 0 Å². The van der Waals surface area contributed by atoms with Crippen LogP contribution >= 0.6 is 15.9 Å². The molecule has 1 aliphatic rings. The van der Waals surface area contributed by atoms with Gasteiger partial charge in [0.1, 0.15) is 11.4 Å². The molecule has 1 saturated heterocycles. The third kappa shape index (κ3) is 2.47. The van der Waals surface area contributed by atoms with Crippen molar-refractivity contribution in [1.82, 2.24) is 9.80 Å². The van der Waals surface area contributed by atoms with Gasteiger partial charge in [0.2, 0.25) is 5.91 Å². The number of rotatable bonds is 3. The second-order valence-electron chi connectivity index (χ2n) is 3.13. The molecule has 0 radical (unpaired) electrons. The summed E-state index contributed by atoms with van der Waals surface area (Å²) in [6.45, 7) is 0.0500. The maximum Gasteiger partial charge on any atom is 0.327 e. The minimum Gasteiger partial charge on any atom is -0.468 e. The predicted molar refractivity (Wildman–Crippen MR) is 54.5 cm³/mol. The van der Waals surface area contributed by atoms with E-state index in [1.54, 1.807) is 0 Å². The molecule has 1 aliphatic heterocycles. The molecule has 1 rings (SSSR count). The second kappa shape index (κ2) is 4.61. The number of esters is 1. The molecule has 6 nitrogen and oxygen atoms in total. The lowest BCUT2D eigenvalue weighted by Crippen LogP contribution is -2.39. The van der Waals surface area contributed by atoms with Crippen LogP contribution in [-0.4, -0.2) is 59.8 Å². The van der Waals surface area contributed by atoms with E-state index in [2.05, 4.69) is 20.7 Å². The fraction of sp³-hybridized carbons (Fsp3) is 0.625. The molecule has 0 aromatic heterocycles. The molecule has 0 aromatic carbocycles. The summed E-state index contributed by atoms with van der Waals surface area (Å²) in [5.41, 5.74) is 0. The number of amides is 3. The third-order valence-electron chi connectivity index (χ3n) is 2.03. The normalized spacial score (nSPS) is 18.3. The Hall–Kier alpha value is -1.11. The van der Waals surface area contributed by atoms with Crippen molar-refractivity contribution in [3.8, 4) is 0 Å². The molecule has 84 valence electrons. The molecule has 0 aromatic rings. The van der Waals surface area contributed by atoms with Crippen molar-refractivity contribution in [3.05, 3.63) is 0 Å². The zero-order valence-electron chi connectivity index (χ0n) is 8.40. The lowest BCUT2D eigenvalue weighted by atomic mass is 10.4. The van der Waals surface area contributed by atoms with Crippen LogP contribution in [0, 0.1) is 0 Å². The van der Waals surface area contributed by atoms with Gasteiger partial charge >= 0.3 is 12.0 Å². The van der Waals surface area contributed by atoms with E-state index in [0.29, 0.717) is 0 Å². The Bertz CT molecular complexity index is 307. The topological polar surface area (TPSA) is 66.9 Å². The average molecular weight is 279 g/mol. The standard InChI is InChI=1S/C8H11BrN2O4/c1-10-4-6(12)11(8(10)14)3-5(9)7(13)15-2/h5H,3-4H2,1-2H3. The van der Waals surface area contributed by atoms with E-state index in [1.165, 1.54) is 19.1 Å². The Morgan fingerprint density at radius 1 is 1.60 bits per heavy atom. The van der Waals surface area contributed by atoms with Crippen molar-refractivity contribution in [2.75, 3.05) is 27.2 Å². The van der Waals surface area contributed by atoms with E-state index in [9.17, 15) is 14.4 Å². The van der Waals surface area contributed by atoms with Crippen molar-refractivity contribution in [2.24, 2.45) is 0 Å². The highest BCUT2D eigenvalue weighted by Crippen LogP contribution is 2.12. The quantitative estimate of drug-likeness (QED) is 0.408. The van der Waals surface area contributed by atoms with Gasteiger partial charge in [-0.1, -0.05) is 15.9 Å². The highest BCUT2D eigenvalue weighted by molar-refractivity contribution is 9.10. The molecule has 0 spiro atoms. The van der Waals surface area contributed by atoms with E-state index in [-0.39, 0.29) is 19.0 Å². The molecule has 1 fully saturated rings. The fourth-order valence-electron chi connectivity index (χ4n) is 1.21. The number of likely N-dealkylation sites (N-methyl/N-ethyl adjacent to an activating group) is 1. The first-order chi connectivity index (χ1) is 6.97. The van der Waals surface area contributed by atoms with E-state index in [1.807, 2.05) is 0 Å². The minimum atomic E-state index is -0.679. The molecule has 0 N–H and O–H groups in total. The molecule has 3 amide bonds. The lowest BCUT2D eigenvalue weighted by molar-refractivity contribution is -0.140. The van der Waals surface area contributed by atoms with Crippen LogP contribution in [0.2, 0.25) is 0 Å². The maximum absolute atomic E-state index is 11.4. The fourth-order valence-corrected chi connectivity index (χ4v) is 1.69. The van der Waals surface area contributed by atoms with Crippen molar-refractivity contribution in [1.29, 1.82) is 0 Å². The molecular formula is C8H11BrN2O4. The summed E-state index contributed by atoms with van der Waals surface area (Å²) in [5, 5.41) is 0. The maximum atomic E-state index is 11.4. The molecule has 1 heterocycles. The van der Waals surface area contributed by atoms with E-state index < -0.39 is 16.8 Å². The molecular weight excluding hydrogens is 268 g/mol. The molecule has 0 saturated carbocycles. The zero-order chi connectivity index (χ0) is 11.6. The minimum absolute atomic E-state index is 0.00528. The summed E-state index contributed by atoms with van der Waals surface area (Å²) in [7, 11) is 2.78. The first kappa shape index (κ1) is 12.0. The highest BCUT2D eigenvalue weighted by Gasteiger charge is 2.36. The first-order valence-electron chi connectivity index (χ1n) is 4.24. The third-order valence-corrected chi connectivity index (χ3v) is 2.69. The van der Waals surface area contributed by atoms with Crippen molar-refractivity contribution < 1.29 is 19.1 Å². The summed E-state index contributed by atoms with van der Waals surface area (Å²) in [5.74, 6) is -0.819. The molecule has 0 aliphatic carbocycles. The van der Waals surface area contributed by atoms with Crippen LogP contribution in [-0.2, 0) is 14.3 Å². The summed E-state index contributed by atoms with van der Waals surface area (Å²) in [6, 6.07) is -0.395. The zero-order valence-corrected chi connectivity index (χ0v) is 9.98. The van der Waals surface area contributed by atoms with Crippen molar-refractivity contribution in [3.63, 3.8) is 0 Å². The molecule has 1 unspecified atom stereocenters. The van der Waals surface area contributed by atoms with Gasteiger partial charge in [0.15, 0.2) is 0 Å². The number of hydrogen-bond acceptors (Lipinski definition) is 4. The van der Waals surface area contributed by atoms with Gasteiger partial charge in [-0.15, -0.1) is 0 Å². The number of urea groups is 1. The number of imide groups is 1. The Kier molecular flexibility index (Phi) is 3.67. The van der Waals surface area contributed by atoms with Gasteiger partial charge < -0.3 is 9.64 Å². The smallest absolute Gasteiger partial charge is 0.327 e. The number of hydrogen-bond donors (Lipinski definition) is 0. The number of carbonyl (C=O) groups excluding carboxylic acids is 3. The van der Waals surface area contributed by atoms with Crippen LogP contribution in [0.15, 0.2) is 0 Å². The number of methoxy groups -OCH3 is 1. The SMILES string of the molecule is COC(=O)C(Br)CN1C(=O)CN(C)C1=O. The Balaban J connectivity index is 2.62. The average Bonchev–Trinajstić information content (AvgIpc) is 2.43. The Labute approximate surface area is 95.3 Å². The summed E-state index contributed by atoms with van der Waals surface area (Å²) in [6.07, 6.45) is 0. The lowest BCUT2D eigenvalue weighted by Gasteiger charge is -2.16. The van der Waals surface area contributed by atoms with Crippen LogP contribution in [0.5, 0.6) is 0 Å². The molecule has 1 atom stereocenters. The predicted octanol–water partition coefficient (Wildman–Crippen LogP) is -0.183. The van der Waals surface area contributed by atoms with Gasteiger partial charge in [-0.3, -0.25) is 14.5 Å². The highest BCUT2D eigenvalue weighted by atomic mass is 79.9. The van der Waals surface area contributed by atoms with Gasteiger partial charge in [0.05, 0.1) is 13.7 Å². The Morgan fingerprint density at radius 3 is 2.60 bits per heavy atom. The van der Waals surface area contributed by atoms with Gasteiger partial charge in [0, 0.05) is 7.05 Å². The first-order valence-corrected chi connectivity index (χ1v) is 5.16. The van der Waals surface area contributed by atoms with Crippen LogP contribution < -0.4 is 0 Å². The number of halogens is 1. The number of alkyl halides is 1. The number of nitrogens with zero attached hydrogens (tertiary/aromatic N) is 2. The number of ether oxygens (including phenoxy) is 1. The van der Waals surface area contributed by atoms with Crippen LogP contribution in [0.1, 0.15) is 0 Å². The summed E-state index contributed by atoms with van der Waals surface area (Å²) < 4.78 is 4.47. The van der Waals surface area contributed by atoms with Crippen molar-refractivity contribution >= 4 is 33.8 Å². The van der Waals surface area contributed by atoms with Crippen LogP contribution in [0.4, 0.5) is 4.79 Å². The molecule has 0 bridgehead atoms. The molecule has 15 heavy (non-hydrogen) atoms. The summed E-state index contributed by atoms with van der Waals surface area (Å²) >= 11 is 3.05. The van der Waals surface area contributed by atoms with Gasteiger partial charge in [0.25, 0.3) is 0 Å². The van der Waals surface area contributed by atoms with E-state index >= 15 is 0 Å². The molecule has 7 heteroatoms. The van der Waals surface area contributed by atoms with Crippen molar-refractivity contribution in [2.45, 2.75) is 4.83 Å². The second-order valence-corrected chi connectivity index (χ2v) is 4.24. The Morgan fingerprint density at radius 2 is 2.20 bits per heavy atom. The largest absolute Gasteiger partial charge is 0.468 e. The van der Waals surface area contributed by atoms with Gasteiger partial charge in [-0.2, -0.15) is 0 Å². The summed E-state index contributed by atoms with van der Waals surface area (Å²) in [4.78, 5) is 35.5. The van der Waals surface area contributed by atoms with Gasteiger partial charge in [-0.25, -0.2) is 4.79 Å². The van der Waals surface area contributed by atoms with Crippen LogP contribution in [0.25, 0.3) is 0 Å².